The zero-order valence-corrected chi connectivity index (χ0v) is 10.8. The number of hydrogen-bond acceptors (Lipinski definition) is 3. The van der Waals surface area contributed by atoms with Gasteiger partial charge < -0.3 is 9.87 Å². The number of amides is 1. The van der Waals surface area contributed by atoms with Crippen molar-refractivity contribution < 1.29 is 9.35 Å². The maximum atomic E-state index is 11.3. The third kappa shape index (κ3) is 3.35. The summed E-state index contributed by atoms with van der Waals surface area (Å²) in [6.07, 6.45) is 1.20. The molecule has 1 aromatic carbocycles. The van der Waals surface area contributed by atoms with Crippen LogP contribution in [0.15, 0.2) is 43.0 Å². The van der Waals surface area contributed by atoms with Crippen molar-refractivity contribution in [2.24, 2.45) is 0 Å². The van der Waals surface area contributed by atoms with Crippen molar-refractivity contribution >= 4 is 17.9 Å². The lowest BCUT2D eigenvalue weighted by Gasteiger charge is -2.32. The average molecular weight is 251 g/mol. The molecule has 2 N–H and O–H groups in total. The maximum absolute atomic E-state index is 11.3. The van der Waals surface area contributed by atoms with Crippen molar-refractivity contribution in [3.8, 4) is 0 Å². The van der Waals surface area contributed by atoms with E-state index in [9.17, 15) is 9.35 Å². The second-order valence-electron chi connectivity index (χ2n) is 4.29. The molecule has 0 fully saturated rings. The number of hydrogen-bond donors (Lipinski definition) is 2. The first-order valence-corrected chi connectivity index (χ1v) is 6.14. The van der Waals surface area contributed by atoms with Gasteiger partial charge in [0.1, 0.15) is 5.37 Å². The van der Waals surface area contributed by atoms with Crippen molar-refractivity contribution in [3.63, 3.8) is 0 Å². The van der Waals surface area contributed by atoms with Gasteiger partial charge >= 0.3 is 0 Å². The summed E-state index contributed by atoms with van der Waals surface area (Å²) in [5.74, 6) is -0.291. The van der Waals surface area contributed by atoms with Gasteiger partial charge in [-0.25, -0.2) is 0 Å². The highest BCUT2D eigenvalue weighted by Crippen LogP contribution is 2.31. The molecule has 1 amide bonds. The third-order valence-corrected chi connectivity index (χ3v) is 3.66. The van der Waals surface area contributed by atoms with Gasteiger partial charge in [-0.1, -0.05) is 50.8 Å². The number of benzene rings is 1. The average Bonchev–Trinajstić information content (AvgIpc) is 2.36. The Morgan fingerprint density at radius 2 is 2.06 bits per heavy atom. The molecule has 0 aliphatic carbocycles. The molecule has 0 spiro atoms. The number of carbonyl (C=O) groups excluding carboxylic acids is 1. The largest absolute Gasteiger partial charge is 0.338 e. The van der Waals surface area contributed by atoms with Crippen LogP contribution in [0.5, 0.6) is 0 Å². The summed E-state index contributed by atoms with van der Waals surface area (Å²) in [6, 6.07) is 9.76. The molecule has 4 heteroatoms. The molecule has 3 nitrogen and oxygen atoms in total. The Balaban J connectivity index is 2.93. The molecule has 1 rings (SSSR count). The molecule has 0 saturated carbocycles. The van der Waals surface area contributed by atoms with Crippen molar-refractivity contribution in [2.45, 2.75) is 24.6 Å². The lowest BCUT2D eigenvalue weighted by molar-refractivity contribution is -0.117. The highest BCUT2D eigenvalue weighted by Gasteiger charge is 2.32. The minimum absolute atomic E-state index is 0.291. The van der Waals surface area contributed by atoms with Crippen molar-refractivity contribution in [2.75, 3.05) is 0 Å². The SMILES string of the molecule is C=CC(=O)NC(SO)C(C)(C)c1ccccc1. The van der Waals surface area contributed by atoms with E-state index in [1.54, 1.807) is 0 Å². The Kier molecular flexibility index (Phi) is 4.78. The van der Waals surface area contributed by atoms with E-state index in [-0.39, 0.29) is 11.3 Å². The van der Waals surface area contributed by atoms with Crippen molar-refractivity contribution in [1.29, 1.82) is 0 Å². The quantitative estimate of drug-likeness (QED) is 0.480. The number of rotatable bonds is 5. The molecule has 0 aromatic heterocycles. The van der Waals surface area contributed by atoms with Crippen molar-refractivity contribution in [3.05, 3.63) is 48.6 Å². The topological polar surface area (TPSA) is 49.3 Å². The molecule has 0 aliphatic heterocycles. The molecule has 0 aliphatic rings. The fraction of sp³-hybridized carbons (Fsp3) is 0.308. The van der Waals surface area contributed by atoms with Crippen LogP contribution < -0.4 is 5.32 Å². The zero-order chi connectivity index (χ0) is 12.9. The molecule has 92 valence electrons. The van der Waals surface area contributed by atoms with E-state index in [4.69, 9.17) is 0 Å². The highest BCUT2D eigenvalue weighted by molar-refractivity contribution is 7.94. The fourth-order valence-electron chi connectivity index (χ4n) is 1.55. The van der Waals surface area contributed by atoms with Crippen LogP contribution in [0.1, 0.15) is 19.4 Å². The van der Waals surface area contributed by atoms with Gasteiger partial charge in [-0.2, -0.15) is 0 Å². The predicted molar refractivity (Wildman–Crippen MR) is 71.8 cm³/mol. The third-order valence-electron chi connectivity index (χ3n) is 2.74. The van der Waals surface area contributed by atoms with Gasteiger partial charge in [-0.15, -0.1) is 0 Å². The number of nitrogens with one attached hydrogen (secondary N) is 1. The molecule has 1 unspecified atom stereocenters. The maximum Gasteiger partial charge on any atom is 0.244 e. The Morgan fingerprint density at radius 1 is 1.47 bits per heavy atom. The summed E-state index contributed by atoms with van der Waals surface area (Å²) in [5.41, 5.74) is 0.676. The smallest absolute Gasteiger partial charge is 0.244 e. The van der Waals surface area contributed by atoms with Gasteiger partial charge in [-0.05, 0) is 11.6 Å². The fourth-order valence-corrected chi connectivity index (χ4v) is 2.11. The standard InChI is InChI=1S/C13H17NO2S/c1-4-11(15)14-12(17-16)13(2,3)10-8-6-5-7-9-10/h4-9,12,16H,1H2,2-3H3,(H,14,15). The van der Waals surface area contributed by atoms with E-state index in [0.29, 0.717) is 12.0 Å². The lowest BCUT2D eigenvalue weighted by atomic mass is 9.84. The highest BCUT2D eigenvalue weighted by atomic mass is 32.2. The Bertz CT molecular complexity index is 390. The van der Waals surface area contributed by atoms with Gasteiger partial charge in [0.15, 0.2) is 0 Å². The summed E-state index contributed by atoms with van der Waals surface area (Å²) in [6.45, 7) is 7.34. The van der Waals surface area contributed by atoms with Crippen molar-refractivity contribution in [1.82, 2.24) is 5.32 Å². The summed E-state index contributed by atoms with van der Waals surface area (Å²) < 4.78 is 9.34. The molecule has 0 saturated heterocycles. The van der Waals surface area contributed by atoms with E-state index in [0.717, 1.165) is 5.56 Å². The van der Waals surface area contributed by atoms with E-state index in [2.05, 4.69) is 11.9 Å². The van der Waals surface area contributed by atoms with Crippen LogP contribution in [0.3, 0.4) is 0 Å². The minimum Gasteiger partial charge on any atom is -0.338 e. The van der Waals surface area contributed by atoms with E-state index in [1.165, 1.54) is 6.08 Å². The monoisotopic (exact) mass is 251 g/mol. The molecule has 0 radical (unpaired) electrons. The van der Waals surface area contributed by atoms with Crippen LogP contribution in [0.25, 0.3) is 0 Å². The molecule has 0 bridgehead atoms. The summed E-state index contributed by atoms with van der Waals surface area (Å²) >= 11 is 0.636. The molecule has 1 aromatic rings. The second kappa shape index (κ2) is 5.89. The molecule has 17 heavy (non-hydrogen) atoms. The first-order valence-electron chi connectivity index (χ1n) is 5.31. The Hall–Kier alpha value is -1.26. The summed E-state index contributed by atoms with van der Waals surface area (Å²) in [4.78, 5) is 11.3. The Morgan fingerprint density at radius 3 is 2.53 bits per heavy atom. The van der Waals surface area contributed by atoms with E-state index < -0.39 is 5.37 Å². The zero-order valence-electron chi connectivity index (χ0n) is 10.0. The normalized spacial score (nSPS) is 12.9. The minimum atomic E-state index is -0.421. The van der Waals surface area contributed by atoms with Gasteiger partial charge in [0.25, 0.3) is 0 Å². The van der Waals surface area contributed by atoms with Crippen LogP contribution in [0.4, 0.5) is 0 Å². The van der Waals surface area contributed by atoms with Crippen LogP contribution in [0, 0.1) is 0 Å². The van der Waals surface area contributed by atoms with Crippen LogP contribution >= 0.6 is 12.0 Å². The Labute approximate surface area is 106 Å². The van der Waals surface area contributed by atoms with Gasteiger partial charge in [0.05, 0.1) is 0 Å². The van der Waals surface area contributed by atoms with Crippen LogP contribution in [-0.4, -0.2) is 15.8 Å². The van der Waals surface area contributed by atoms with Gasteiger partial charge in [-0.3, -0.25) is 4.79 Å². The first kappa shape index (κ1) is 13.8. The number of carbonyl (C=O) groups is 1. The predicted octanol–water partition coefficient (Wildman–Crippen LogP) is 2.80. The molecule has 0 heterocycles. The van der Waals surface area contributed by atoms with E-state index in [1.807, 2.05) is 44.2 Å². The first-order chi connectivity index (χ1) is 8.02. The van der Waals surface area contributed by atoms with Crippen LogP contribution in [0.2, 0.25) is 0 Å². The summed E-state index contributed by atoms with van der Waals surface area (Å²) in [5, 5.41) is 2.29. The summed E-state index contributed by atoms with van der Waals surface area (Å²) in [7, 11) is 0. The molecular formula is C13H17NO2S. The molecule has 1 atom stereocenters. The van der Waals surface area contributed by atoms with Crippen LogP contribution in [-0.2, 0) is 10.2 Å². The molecular weight excluding hydrogens is 234 g/mol. The lowest BCUT2D eigenvalue weighted by Crippen LogP contribution is -2.44. The van der Waals surface area contributed by atoms with E-state index >= 15 is 0 Å². The van der Waals surface area contributed by atoms with Gasteiger partial charge in [0, 0.05) is 17.5 Å². The second-order valence-corrected chi connectivity index (χ2v) is 4.97. The van der Waals surface area contributed by atoms with Gasteiger partial charge in [0.2, 0.25) is 5.91 Å².